The SMILES string of the molecule is CSc1nc(NCCC[NH+](C)C)c2sc3nc(C(C)C)c4c(c3c2n1)CC(C)(C)OC4. The Bertz CT molecular complexity index is 1110. The summed E-state index contributed by atoms with van der Waals surface area (Å²) in [6.07, 6.45) is 4.01. The van der Waals surface area contributed by atoms with Crippen molar-refractivity contribution in [1.82, 2.24) is 15.0 Å². The summed E-state index contributed by atoms with van der Waals surface area (Å²) in [5.74, 6) is 1.30. The van der Waals surface area contributed by atoms with Crippen LogP contribution < -0.4 is 10.2 Å². The lowest BCUT2D eigenvalue weighted by molar-refractivity contribution is -0.858. The lowest BCUT2D eigenvalue weighted by Crippen LogP contribution is -3.05. The molecule has 168 valence electrons. The smallest absolute Gasteiger partial charge is 0.189 e. The molecule has 6 nitrogen and oxygen atoms in total. The van der Waals surface area contributed by atoms with E-state index in [2.05, 4.69) is 47.1 Å². The third-order valence-corrected chi connectivity index (χ3v) is 7.40. The zero-order valence-corrected chi connectivity index (χ0v) is 21.3. The highest BCUT2D eigenvalue weighted by atomic mass is 32.2. The summed E-state index contributed by atoms with van der Waals surface area (Å²) in [4.78, 5) is 17.4. The van der Waals surface area contributed by atoms with E-state index < -0.39 is 0 Å². The molecule has 2 N–H and O–H groups in total. The fourth-order valence-electron chi connectivity index (χ4n) is 4.22. The lowest BCUT2D eigenvalue weighted by atomic mass is 9.87. The van der Waals surface area contributed by atoms with E-state index >= 15 is 0 Å². The molecule has 3 aromatic heterocycles. The molecule has 0 saturated carbocycles. The summed E-state index contributed by atoms with van der Waals surface area (Å²) in [5.41, 5.74) is 4.63. The normalized spacial score (nSPS) is 15.9. The summed E-state index contributed by atoms with van der Waals surface area (Å²) in [6.45, 7) is 11.4. The maximum atomic E-state index is 6.19. The summed E-state index contributed by atoms with van der Waals surface area (Å²) in [6, 6.07) is 0. The largest absolute Gasteiger partial charge is 0.370 e. The van der Waals surface area contributed by atoms with Crippen molar-refractivity contribution in [3.05, 3.63) is 16.8 Å². The predicted octanol–water partition coefficient (Wildman–Crippen LogP) is 3.88. The van der Waals surface area contributed by atoms with Gasteiger partial charge in [-0.25, -0.2) is 15.0 Å². The molecule has 0 atom stereocenters. The zero-order valence-electron chi connectivity index (χ0n) is 19.7. The van der Waals surface area contributed by atoms with E-state index in [4.69, 9.17) is 19.7 Å². The Morgan fingerprint density at radius 3 is 2.65 bits per heavy atom. The first-order chi connectivity index (χ1) is 14.7. The van der Waals surface area contributed by atoms with Crippen molar-refractivity contribution in [1.29, 1.82) is 0 Å². The maximum absolute atomic E-state index is 6.19. The van der Waals surface area contributed by atoms with Crippen molar-refractivity contribution < 1.29 is 9.64 Å². The lowest BCUT2D eigenvalue weighted by Gasteiger charge is -2.33. The van der Waals surface area contributed by atoms with Gasteiger partial charge in [0, 0.05) is 30.3 Å². The molecule has 0 unspecified atom stereocenters. The van der Waals surface area contributed by atoms with Crippen molar-refractivity contribution in [2.24, 2.45) is 0 Å². The minimum absolute atomic E-state index is 0.186. The molecular weight excluding hydrogens is 426 g/mol. The number of hydrogen-bond acceptors (Lipinski definition) is 7. The molecule has 1 aliphatic rings. The quantitative estimate of drug-likeness (QED) is 0.317. The number of pyridine rings is 1. The van der Waals surface area contributed by atoms with E-state index in [9.17, 15) is 0 Å². The van der Waals surface area contributed by atoms with E-state index in [0.29, 0.717) is 12.5 Å². The van der Waals surface area contributed by atoms with Gasteiger partial charge in [-0.1, -0.05) is 25.6 Å². The van der Waals surface area contributed by atoms with Crippen LogP contribution >= 0.6 is 23.1 Å². The van der Waals surface area contributed by atoms with Crippen LogP contribution in [-0.4, -0.2) is 54.0 Å². The average Bonchev–Trinajstić information content (AvgIpc) is 3.08. The van der Waals surface area contributed by atoms with Gasteiger partial charge in [0.1, 0.15) is 10.6 Å². The number of nitrogens with one attached hydrogen (secondary N) is 2. The zero-order chi connectivity index (χ0) is 22.3. The molecule has 0 aromatic carbocycles. The van der Waals surface area contributed by atoms with Gasteiger partial charge in [0.2, 0.25) is 0 Å². The standard InChI is InChI=1S/C23H33N5OS2/c1-13(2)17-15-12-29-23(3,4)11-14(15)16-18-19(31-21(16)25-17)20(27-22(26-18)30-7)24-9-8-10-28(5)6/h13H,8-12H2,1-7H3,(H,24,26,27)/p+1. The van der Waals surface area contributed by atoms with Crippen molar-refractivity contribution in [3.63, 3.8) is 0 Å². The number of thiophene rings is 1. The van der Waals surface area contributed by atoms with E-state index in [1.54, 1.807) is 23.1 Å². The van der Waals surface area contributed by atoms with E-state index in [1.165, 1.54) is 21.4 Å². The number of rotatable bonds is 7. The molecule has 31 heavy (non-hydrogen) atoms. The van der Waals surface area contributed by atoms with Crippen LogP contribution in [0, 0.1) is 0 Å². The molecule has 0 spiro atoms. The molecule has 4 rings (SSSR count). The highest BCUT2D eigenvalue weighted by molar-refractivity contribution is 7.98. The van der Waals surface area contributed by atoms with Crippen LogP contribution in [0.25, 0.3) is 20.4 Å². The topological polar surface area (TPSA) is 64.4 Å². The van der Waals surface area contributed by atoms with Gasteiger partial charge < -0.3 is 15.0 Å². The number of thioether (sulfide) groups is 1. The van der Waals surface area contributed by atoms with Gasteiger partial charge in [-0.05, 0) is 31.6 Å². The Balaban J connectivity index is 1.90. The van der Waals surface area contributed by atoms with Crippen LogP contribution in [0.4, 0.5) is 5.82 Å². The molecule has 0 bridgehead atoms. The van der Waals surface area contributed by atoms with Gasteiger partial charge in [0.25, 0.3) is 0 Å². The van der Waals surface area contributed by atoms with Gasteiger partial charge in [0.05, 0.1) is 48.8 Å². The highest BCUT2D eigenvalue weighted by Gasteiger charge is 2.32. The molecule has 8 heteroatoms. The molecule has 3 aromatic rings. The Hall–Kier alpha value is -1.48. The summed E-state index contributed by atoms with van der Waals surface area (Å²) in [7, 11) is 4.38. The summed E-state index contributed by atoms with van der Waals surface area (Å²) < 4.78 is 7.30. The number of quaternary nitrogens is 1. The van der Waals surface area contributed by atoms with Crippen LogP contribution in [0.5, 0.6) is 0 Å². The molecule has 4 heterocycles. The fraction of sp³-hybridized carbons (Fsp3) is 0.609. The number of nitrogens with zero attached hydrogens (tertiary/aromatic N) is 3. The van der Waals surface area contributed by atoms with Crippen LogP contribution in [0.2, 0.25) is 0 Å². The first kappa shape index (κ1) is 22.7. The molecular formula is C23H34N5OS2+. The predicted molar refractivity (Wildman–Crippen MR) is 132 cm³/mol. The average molecular weight is 461 g/mol. The Kier molecular flexibility index (Phi) is 6.45. The van der Waals surface area contributed by atoms with Crippen molar-refractivity contribution >= 4 is 49.3 Å². The third-order valence-electron chi connectivity index (χ3n) is 5.78. The second-order valence-corrected chi connectivity index (χ2v) is 11.4. The van der Waals surface area contributed by atoms with Gasteiger partial charge in [-0.3, -0.25) is 0 Å². The number of anilines is 1. The van der Waals surface area contributed by atoms with Crippen molar-refractivity contribution in [2.45, 2.75) is 63.8 Å². The fourth-order valence-corrected chi connectivity index (χ4v) is 5.70. The second kappa shape index (κ2) is 8.81. The van der Waals surface area contributed by atoms with Crippen molar-refractivity contribution in [2.75, 3.05) is 38.8 Å². The van der Waals surface area contributed by atoms with Crippen LogP contribution in [0.1, 0.15) is 56.9 Å². The molecule has 0 fully saturated rings. The third kappa shape index (κ3) is 4.53. The van der Waals surface area contributed by atoms with Gasteiger partial charge in [0.15, 0.2) is 5.16 Å². The first-order valence-corrected chi connectivity index (χ1v) is 13.1. The monoisotopic (exact) mass is 460 g/mol. The maximum Gasteiger partial charge on any atom is 0.189 e. The van der Waals surface area contributed by atoms with Gasteiger partial charge in [-0.2, -0.15) is 0 Å². The number of aromatic nitrogens is 3. The van der Waals surface area contributed by atoms with E-state index in [1.807, 2.05) is 6.26 Å². The van der Waals surface area contributed by atoms with Crippen LogP contribution in [0.15, 0.2) is 5.16 Å². The van der Waals surface area contributed by atoms with E-state index in [-0.39, 0.29) is 5.60 Å². The van der Waals surface area contributed by atoms with E-state index in [0.717, 1.165) is 57.6 Å². The Morgan fingerprint density at radius 1 is 1.19 bits per heavy atom. The highest BCUT2D eigenvalue weighted by Crippen LogP contribution is 2.43. The van der Waals surface area contributed by atoms with Crippen molar-refractivity contribution in [3.8, 4) is 0 Å². The van der Waals surface area contributed by atoms with Gasteiger partial charge >= 0.3 is 0 Å². The summed E-state index contributed by atoms with van der Waals surface area (Å²) >= 11 is 3.31. The van der Waals surface area contributed by atoms with Crippen LogP contribution in [-0.2, 0) is 17.8 Å². The second-order valence-electron chi connectivity index (χ2n) is 9.59. The number of fused-ring (bicyclic) bond motifs is 5. The minimum atomic E-state index is -0.186. The Morgan fingerprint density at radius 2 is 1.97 bits per heavy atom. The van der Waals surface area contributed by atoms with Gasteiger partial charge in [-0.15, -0.1) is 11.3 Å². The number of ether oxygens (including phenoxy) is 1. The summed E-state index contributed by atoms with van der Waals surface area (Å²) in [5, 5.41) is 5.60. The molecule has 0 amide bonds. The molecule has 0 aliphatic carbocycles. The minimum Gasteiger partial charge on any atom is -0.370 e. The molecule has 0 radical (unpaired) electrons. The molecule has 0 saturated heterocycles. The first-order valence-electron chi connectivity index (χ1n) is 11.1. The molecule has 1 aliphatic heterocycles. The van der Waals surface area contributed by atoms with Crippen LogP contribution in [0.3, 0.4) is 0 Å². The number of hydrogen-bond donors (Lipinski definition) is 2. The Labute approximate surface area is 193 Å².